The molecule has 1 aliphatic rings. The Labute approximate surface area is 111 Å². The van der Waals surface area contributed by atoms with Crippen LogP contribution in [0.1, 0.15) is 28.6 Å². The molecule has 4 nitrogen and oxygen atoms in total. The molecule has 1 fully saturated rings. The predicted molar refractivity (Wildman–Crippen MR) is 71.2 cm³/mol. The van der Waals surface area contributed by atoms with Crippen LogP contribution in [0.15, 0.2) is 11.4 Å². The number of amides is 1. The number of ether oxygens (including phenoxy) is 2. The number of nitrogens with one attached hydrogen (secondary N) is 1. The fraction of sp³-hybridized carbons (Fsp3) is 0.615. The molecule has 1 aromatic rings. The molecule has 0 aliphatic carbocycles. The summed E-state index contributed by atoms with van der Waals surface area (Å²) in [5.74, 6) is -0.0252. The van der Waals surface area contributed by atoms with E-state index in [1.54, 1.807) is 11.3 Å². The Balaban J connectivity index is 1.79. The van der Waals surface area contributed by atoms with Crippen molar-refractivity contribution in [2.75, 3.05) is 26.4 Å². The number of hydrogen-bond acceptors (Lipinski definition) is 4. The van der Waals surface area contributed by atoms with Gasteiger partial charge < -0.3 is 14.8 Å². The zero-order valence-electron chi connectivity index (χ0n) is 10.6. The van der Waals surface area contributed by atoms with E-state index in [-0.39, 0.29) is 12.0 Å². The van der Waals surface area contributed by atoms with Crippen molar-refractivity contribution in [1.29, 1.82) is 0 Å². The number of aryl methyl sites for hydroxylation is 1. The Kier molecular flexibility index (Phi) is 5.16. The third-order valence-electron chi connectivity index (χ3n) is 2.79. The molecule has 1 aliphatic heterocycles. The first kappa shape index (κ1) is 13.5. The molecule has 100 valence electrons. The summed E-state index contributed by atoms with van der Waals surface area (Å²) in [6, 6.07) is 1.97. The van der Waals surface area contributed by atoms with Crippen LogP contribution in [0.2, 0.25) is 0 Å². The zero-order chi connectivity index (χ0) is 12.8. The van der Waals surface area contributed by atoms with E-state index in [9.17, 15) is 4.79 Å². The Hall–Kier alpha value is -0.910. The van der Waals surface area contributed by atoms with Crippen molar-refractivity contribution in [3.63, 3.8) is 0 Å². The Morgan fingerprint density at radius 1 is 1.56 bits per heavy atom. The van der Waals surface area contributed by atoms with E-state index in [1.165, 1.54) is 4.88 Å². The van der Waals surface area contributed by atoms with E-state index in [4.69, 9.17) is 9.47 Å². The van der Waals surface area contributed by atoms with Gasteiger partial charge in [-0.1, -0.05) is 13.3 Å². The van der Waals surface area contributed by atoms with Crippen molar-refractivity contribution in [3.8, 4) is 0 Å². The van der Waals surface area contributed by atoms with Gasteiger partial charge in [0.25, 0.3) is 5.91 Å². The molecular weight excluding hydrogens is 250 g/mol. The number of carbonyl (C=O) groups is 1. The lowest BCUT2D eigenvalue weighted by Gasteiger charge is -2.22. The average Bonchev–Trinajstić information content (AvgIpc) is 2.86. The normalized spacial score (nSPS) is 19.7. The highest BCUT2D eigenvalue weighted by Crippen LogP contribution is 2.16. The molecule has 0 aromatic carbocycles. The van der Waals surface area contributed by atoms with Gasteiger partial charge >= 0.3 is 0 Å². The van der Waals surface area contributed by atoms with Gasteiger partial charge in [0.05, 0.1) is 31.5 Å². The highest BCUT2D eigenvalue weighted by Gasteiger charge is 2.16. The van der Waals surface area contributed by atoms with Crippen LogP contribution in [-0.4, -0.2) is 38.4 Å². The summed E-state index contributed by atoms with van der Waals surface area (Å²) in [7, 11) is 0. The summed E-state index contributed by atoms with van der Waals surface area (Å²) in [6.07, 6.45) is 2.13. The van der Waals surface area contributed by atoms with Crippen LogP contribution in [0, 0.1) is 0 Å². The number of rotatable bonds is 5. The lowest BCUT2D eigenvalue weighted by molar-refractivity contribution is -0.0855. The monoisotopic (exact) mass is 269 g/mol. The minimum absolute atomic E-state index is 0.0172. The van der Waals surface area contributed by atoms with E-state index >= 15 is 0 Å². The van der Waals surface area contributed by atoms with Crippen LogP contribution in [0.4, 0.5) is 0 Å². The fourth-order valence-corrected chi connectivity index (χ4v) is 2.81. The van der Waals surface area contributed by atoms with E-state index in [0.717, 1.165) is 18.4 Å². The van der Waals surface area contributed by atoms with Crippen LogP contribution in [0.5, 0.6) is 0 Å². The van der Waals surface area contributed by atoms with Gasteiger partial charge in [0, 0.05) is 16.8 Å². The molecule has 1 amide bonds. The van der Waals surface area contributed by atoms with Crippen LogP contribution < -0.4 is 5.32 Å². The van der Waals surface area contributed by atoms with Crippen LogP contribution in [0.25, 0.3) is 0 Å². The maximum atomic E-state index is 11.9. The van der Waals surface area contributed by atoms with E-state index < -0.39 is 0 Å². The molecular formula is C13H19NO3S. The quantitative estimate of drug-likeness (QED) is 0.887. The standard InChI is InChI=1S/C13H19NO3S/c1-2-3-12-6-10(9-18-12)13(15)14-7-11-8-16-4-5-17-11/h6,9,11H,2-5,7-8H2,1H3,(H,14,15)/t11-/m1/s1. The molecule has 1 N–H and O–H groups in total. The number of thiophene rings is 1. The molecule has 0 radical (unpaired) electrons. The van der Waals surface area contributed by atoms with Gasteiger partial charge in [-0.25, -0.2) is 0 Å². The molecule has 1 atom stereocenters. The van der Waals surface area contributed by atoms with E-state index in [0.29, 0.717) is 26.4 Å². The van der Waals surface area contributed by atoms with Gasteiger partial charge in [0.1, 0.15) is 0 Å². The minimum Gasteiger partial charge on any atom is -0.376 e. The summed E-state index contributed by atoms with van der Waals surface area (Å²) < 4.78 is 10.8. The third kappa shape index (κ3) is 3.80. The molecule has 0 bridgehead atoms. The maximum absolute atomic E-state index is 11.9. The molecule has 0 saturated carbocycles. The topological polar surface area (TPSA) is 47.6 Å². The highest BCUT2D eigenvalue weighted by atomic mass is 32.1. The summed E-state index contributed by atoms with van der Waals surface area (Å²) in [4.78, 5) is 13.2. The van der Waals surface area contributed by atoms with Gasteiger partial charge in [-0.2, -0.15) is 0 Å². The van der Waals surface area contributed by atoms with Crippen molar-refractivity contribution < 1.29 is 14.3 Å². The second kappa shape index (κ2) is 6.87. The van der Waals surface area contributed by atoms with Gasteiger partial charge in [0.15, 0.2) is 0 Å². The van der Waals surface area contributed by atoms with Gasteiger partial charge in [-0.15, -0.1) is 11.3 Å². The molecule has 2 heterocycles. The molecule has 18 heavy (non-hydrogen) atoms. The first-order valence-electron chi connectivity index (χ1n) is 6.34. The Bertz CT molecular complexity index is 385. The van der Waals surface area contributed by atoms with Crippen molar-refractivity contribution >= 4 is 17.2 Å². The number of carbonyl (C=O) groups excluding carboxylic acids is 1. The van der Waals surface area contributed by atoms with Crippen molar-refractivity contribution in [2.24, 2.45) is 0 Å². The second-order valence-electron chi connectivity index (χ2n) is 4.33. The van der Waals surface area contributed by atoms with Crippen LogP contribution in [0.3, 0.4) is 0 Å². The maximum Gasteiger partial charge on any atom is 0.252 e. The first-order valence-corrected chi connectivity index (χ1v) is 7.22. The first-order chi connectivity index (χ1) is 8.79. The average molecular weight is 269 g/mol. The lowest BCUT2D eigenvalue weighted by Crippen LogP contribution is -2.39. The summed E-state index contributed by atoms with van der Waals surface area (Å²) >= 11 is 1.65. The minimum atomic E-state index is -0.0252. The van der Waals surface area contributed by atoms with Gasteiger partial charge in [0.2, 0.25) is 0 Å². The predicted octanol–water partition coefficient (Wildman–Crippen LogP) is 1.85. The van der Waals surface area contributed by atoms with Gasteiger partial charge in [-0.3, -0.25) is 4.79 Å². The molecule has 0 unspecified atom stereocenters. The largest absolute Gasteiger partial charge is 0.376 e. The van der Waals surface area contributed by atoms with Crippen molar-refractivity contribution in [1.82, 2.24) is 5.32 Å². The summed E-state index contributed by atoms with van der Waals surface area (Å²) in [5, 5.41) is 4.80. The molecule has 5 heteroatoms. The zero-order valence-corrected chi connectivity index (χ0v) is 11.4. The van der Waals surface area contributed by atoms with E-state index in [1.807, 2.05) is 11.4 Å². The lowest BCUT2D eigenvalue weighted by atomic mass is 10.2. The van der Waals surface area contributed by atoms with Crippen LogP contribution in [-0.2, 0) is 15.9 Å². The Morgan fingerprint density at radius 3 is 3.17 bits per heavy atom. The Morgan fingerprint density at radius 2 is 2.44 bits per heavy atom. The second-order valence-corrected chi connectivity index (χ2v) is 5.33. The van der Waals surface area contributed by atoms with Gasteiger partial charge in [-0.05, 0) is 12.5 Å². The highest BCUT2D eigenvalue weighted by molar-refractivity contribution is 7.10. The smallest absolute Gasteiger partial charge is 0.252 e. The third-order valence-corrected chi connectivity index (χ3v) is 3.78. The van der Waals surface area contributed by atoms with Crippen molar-refractivity contribution in [3.05, 3.63) is 21.9 Å². The summed E-state index contributed by atoms with van der Waals surface area (Å²) in [6.45, 7) is 4.47. The van der Waals surface area contributed by atoms with Crippen LogP contribution >= 0.6 is 11.3 Å². The number of hydrogen-bond donors (Lipinski definition) is 1. The molecule has 0 spiro atoms. The fourth-order valence-electron chi connectivity index (χ4n) is 1.84. The molecule has 1 aromatic heterocycles. The molecule has 1 saturated heterocycles. The van der Waals surface area contributed by atoms with E-state index in [2.05, 4.69) is 12.2 Å². The summed E-state index contributed by atoms with van der Waals surface area (Å²) in [5.41, 5.74) is 0.750. The SMILES string of the molecule is CCCc1cc(C(=O)NC[C@@H]2COCCO2)cs1. The molecule has 2 rings (SSSR count). The van der Waals surface area contributed by atoms with Crippen molar-refractivity contribution in [2.45, 2.75) is 25.9 Å².